The van der Waals surface area contributed by atoms with Gasteiger partial charge in [-0.2, -0.15) is 0 Å². The van der Waals surface area contributed by atoms with E-state index in [0.29, 0.717) is 5.82 Å². The van der Waals surface area contributed by atoms with Gasteiger partial charge in [0.25, 0.3) is 0 Å². The van der Waals surface area contributed by atoms with E-state index < -0.39 is 0 Å². The smallest absolute Gasteiger partial charge is 0.160 e. The van der Waals surface area contributed by atoms with E-state index in [0.717, 1.165) is 66.7 Å². The molecule has 2 aromatic heterocycles. The van der Waals surface area contributed by atoms with Crippen LogP contribution < -0.4 is 4.90 Å². The van der Waals surface area contributed by atoms with Crippen LogP contribution in [0, 0.1) is 0 Å². The van der Waals surface area contributed by atoms with Gasteiger partial charge in [-0.1, -0.05) is 97.1 Å². The first-order valence-electron chi connectivity index (χ1n) is 14.0. The standard InChI is InChI=1S/C38H25N3O/c1-4-13-26(14-5-1)36-32-23-24-34-35(31-21-10-11-22-33(31)42-34)37(32)40-38(39-36)27-15-12-20-30(25-27)41(28-16-6-2-7-17-28)29-18-8-3-9-19-29/h1-25H. The maximum Gasteiger partial charge on any atom is 0.160 e. The van der Waals surface area contributed by atoms with Crippen LogP contribution in [0.15, 0.2) is 156 Å². The molecule has 0 aliphatic rings. The van der Waals surface area contributed by atoms with Gasteiger partial charge in [0, 0.05) is 39.0 Å². The number of aromatic nitrogens is 2. The number of furan rings is 1. The van der Waals surface area contributed by atoms with E-state index >= 15 is 0 Å². The zero-order valence-electron chi connectivity index (χ0n) is 22.7. The minimum absolute atomic E-state index is 0.669. The molecule has 0 amide bonds. The highest BCUT2D eigenvalue weighted by atomic mass is 16.3. The van der Waals surface area contributed by atoms with Crippen LogP contribution in [0.1, 0.15) is 0 Å². The van der Waals surface area contributed by atoms with Gasteiger partial charge in [0.15, 0.2) is 5.82 Å². The van der Waals surface area contributed by atoms with E-state index in [-0.39, 0.29) is 0 Å². The number of nitrogens with zero attached hydrogens (tertiary/aromatic N) is 3. The normalized spacial score (nSPS) is 11.3. The summed E-state index contributed by atoms with van der Waals surface area (Å²) in [4.78, 5) is 12.7. The van der Waals surface area contributed by atoms with Crippen LogP contribution in [-0.4, -0.2) is 9.97 Å². The molecule has 0 aliphatic carbocycles. The van der Waals surface area contributed by atoms with Crippen molar-refractivity contribution in [3.63, 3.8) is 0 Å². The highest BCUT2D eigenvalue weighted by Gasteiger charge is 2.19. The molecule has 42 heavy (non-hydrogen) atoms. The van der Waals surface area contributed by atoms with Crippen molar-refractivity contribution in [2.45, 2.75) is 0 Å². The Morgan fingerprint density at radius 1 is 0.452 bits per heavy atom. The maximum absolute atomic E-state index is 6.23. The first-order valence-corrected chi connectivity index (χ1v) is 14.0. The predicted molar refractivity (Wildman–Crippen MR) is 172 cm³/mol. The van der Waals surface area contributed by atoms with Crippen LogP contribution in [-0.2, 0) is 0 Å². The molecule has 4 nitrogen and oxygen atoms in total. The molecular weight excluding hydrogens is 514 g/mol. The fourth-order valence-electron chi connectivity index (χ4n) is 5.73. The van der Waals surface area contributed by atoms with Crippen molar-refractivity contribution >= 4 is 49.9 Å². The molecule has 0 spiro atoms. The quantitative estimate of drug-likeness (QED) is 0.218. The van der Waals surface area contributed by atoms with Crippen LogP contribution in [0.3, 0.4) is 0 Å². The molecule has 0 bridgehead atoms. The van der Waals surface area contributed by atoms with Gasteiger partial charge in [0.05, 0.1) is 16.6 Å². The second-order valence-corrected chi connectivity index (χ2v) is 10.3. The number of anilines is 3. The number of para-hydroxylation sites is 3. The maximum atomic E-state index is 6.23. The molecule has 198 valence electrons. The third-order valence-corrected chi connectivity index (χ3v) is 7.65. The minimum Gasteiger partial charge on any atom is -0.456 e. The molecule has 0 fully saturated rings. The molecule has 8 aromatic rings. The summed E-state index contributed by atoms with van der Waals surface area (Å²) in [6.07, 6.45) is 0. The van der Waals surface area contributed by atoms with Gasteiger partial charge in [-0.15, -0.1) is 0 Å². The number of benzene rings is 6. The molecule has 0 radical (unpaired) electrons. The third-order valence-electron chi connectivity index (χ3n) is 7.65. The lowest BCUT2D eigenvalue weighted by atomic mass is 10.0. The van der Waals surface area contributed by atoms with E-state index in [2.05, 4.69) is 102 Å². The topological polar surface area (TPSA) is 42.2 Å². The van der Waals surface area contributed by atoms with Gasteiger partial charge in [0.1, 0.15) is 11.2 Å². The second-order valence-electron chi connectivity index (χ2n) is 10.3. The van der Waals surface area contributed by atoms with Crippen LogP contribution in [0.25, 0.3) is 55.5 Å². The fraction of sp³-hybridized carbons (Fsp3) is 0. The average Bonchev–Trinajstić information content (AvgIpc) is 3.45. The highest BCUT2D eigenvalue weighted by Crippen LogP contribution is 2.39. The van der Waals surface area contributed by atoms with Crippen molar-refractivity contribution < 1.29 is 4.42 Å². The molecule has 0 unspecified atom stereocenters. The summed E-state index contributed by atoms with van der Waals surface area (Å²) in [5.74, 6) is 0.669. The van der Waals surface area contributed by atoms with E-state index in [1.54, 1.807) is 0 Å². The summed E-state index contributed by atoms with van der Waals surface area (Å²) in [5.41, 5.74) is 8.63. The monoisotopic (exact) mass is 539 g/mol. The Bertz CT molecular complexity index is 2150. The first kappa shape index (κ1) is 24.1. The van der Waals surface area contributed by atoms with E-state index in [9.17, 15) is 0 Å². The number of rotatable bonds is 5. The van der Waals surface area contributed by atoms with Crippen LogP contribution >= 0.6 is 0 Å². The number of fused-ring (bicyclic) bond motifs is 5. The lowest BCUT2D eigenvalue weighted by Gasteiger charge is -2.25. The van der Waals surface area contributed by atoms with Crippen LogP contribution in [0.2, 0.25) is 0 Å². The number of hydrogen-bond acceptors (Lipinski definition) is 4. The molecule has 4 heteroatoms. The van der Waals surface area contributed by atoms with Crippen molar-refractivity contribution in [1.29, 1.82) is 0 Å². The fourth-order valence-corrected chi connectivity index (χ4v) is 5.73. The molecular formula is C38H25N3O. The molecule has 2 heterocycles. The summed E-state index contributed by atoms with van der Waals surface area (Å²) in [5, 5.41) is 3.06. The summed E-state index contributed by atoms with van der Waals surface area (Å²) >= 11 is 0. The Hall–Kier alpha value is -5.74. The third kappa shape index (κ3) is 4.09. The van der Waals surface area contributed by atoms with Crippen molar-refractivity contribution in [2.24, 2.45) is 0 Å². The van der Waals surface area contributed by atoms with Crippen molar-refractivity contribution in [3.05, 3.63) is 152 Å². The summed E-state index contributed by atoms with van der Waals surface area (Å²) < 4.78 is 6.23. The van der Waals surface area contributed by atoms with Gasteiger partial charge in [-0.25, -0.2) is 9.97 Å². The summed E-state index contributed by atoms with van der Waals surface area (Å²) in [7, 11) is 0. The van der Waals surface area contributed by atoms with Crippen molar-refractivity contribution in [2.75, 3.05) is 4.90 Å². The highest BCUT2D eigenvalue weighted by molar-refractivity contribution is 6.19. The average molecular weight is 540 g/mol. The molecule has 8 rings (SSSR count). The molecule has 0 saturated carbocycles. The van der Waals surface area contributed by atoms with Gasteiger partial charge >= 0.3 is 0 Å². The molecule has 0 saturated heterocycles. The molecule has 0 N–H and O–H groups in total. The van der Waals surface area contributed by atoms with Gasteiger partial charge < -0.3 is 9.32 Å². The minimum atomic E-state index is 0.669. The zero-order chi connectivity index (χ0) is 27.9. The predicted octanol–water partition coefficient (Wildman–Crippen LogP) is 10.3. The van der Waals surface area contributed by atoms with Gasteiger partial charge in [-0.05, 0) is 54.6 Å². The second kappa shape index (κ2) is 10.0. The Balaban J connectivity index is 1.38. The van der Waals surface area contributed by atoms with Crippen molar-refractivity contribution in [3.8, 4) is 22.6 Å². The molecule has 6 aromatic carbocycles. The Kier molecular flexibility index (Phi) is 5.75. The Morgan fingerprint density at radius 2 is 1.07 bits per heavy atom. The lowest BCUT2D eigenvalue weighted by Crippen LogP contribution is -2.09. The van der Waals surface area contributed by atoms with Gasteiger partial charge in [0.2, 0.25) is 0 Å². The van der Waals surface area contributed by atoms with E-state index in [1.807, 2.05) is 54.6 Å². The summed E-state index contributed by atoms with van der Waals surface area (Å²) in [6, 6.07) is 51.9. The molecule has 0 atom stereocenters. The zero-order valence-corrected chi connectivity index (χ0v) is 22.7. The largest absolute Gasteiger partial charge is 0.456 e. The van der Waals surface area contributed by atoms with Gasteiger partial charge in [-0.3, -0.25) is 0 Å². The van der Waals surface area contributed by atoms with E-state index in [4.69, 9.17) is 14.4 Å². The Morgan fingerprint density at radius 3 is 1.81 bits per heavy atom. The Labute approximate surface area is 243 Å². The molecule has 0 aliphatic heterocycles. The van der Waals surface area contributed by atoms with Crippen LogP contribution in [0.5, 0.6) is 0 Å². The van der Waals surface area contributed by atoms with E-state index in [1.165, 1.54) is 0 Å². The summed E-state index contributed by atoms with van der Waals surface area (Å²) in [6.45, 7) is 0. The van der Waals surface area contributed by atoms with Crippen LogP contribution in [0.4, 0.5) is 17.1 Å². The lowest BCUT2D eigenvalue weighted by molar-refractivity contribution is 0.669. The SMILES string of the molecule is c1ccc(-c2nc(-c3cccc(N(c4ccccc4)c4ccccc4)c3)nc3c2ccc2oc4ccccc4c23)cc1. The number of hydrogen-bond donors (Lipinski definition) is 0. The van der Waals surface area contributed by atoms with Crippen molar-refractivity contribution in [1.82, 2.24) is 9.97 Å². The first-order chi connectivity index (χ1) is 20.8.